The van der Waals surface area contributed by atoms with Gasteiger partial charge in [0.15, 0.2) is 0 Å². The average molecular weight is 212 g/mol. The first-order valence-corrected chi connectivity index (χ1v) is 6.70. The molecule has 0 amide bonds. The third-order valence-corrected chi connectivity index (χ3v) is 3.26. The Morgan fingerprint density at radius 2 is 2.20 bits per heavy atom. The third-order valence-electron chi connectivity index (χ3n) is 3.26. The first kappa shape index (κ1) is 13.0. The lowest BCUT2D eigenvalue weighted by Crippen LogP contribution is -2.32. The monoisotopic (exact) mass is 212 g/mol. The molecule has 1 aliphatic heterocycles. The van der Waals surface area contributed by atoms with Gasteiger partial charge in [0.2, 0.25) is 0 Å². The van der Waals surface area contributed by atoms with Crippen molar-refractivity contribution in [2.45, 2.75) is 46.0 Å². The van der Waals surface area contributed by atoms with Crippen LogP contribution in [0.3, 0.4) is 0 Å². The summed E-state index contributed by atoms with van der Waals surface area (Å²) in [6, 6.07) is 0. The van der Waals surface area contributed by atoms with Gasteiger partial charge in [0.1, 0.15) is 0 Å². The van der Waals surface area contributed by atoms with Crippen molar-refractivity contribution in [3.05, 3.63) is 0 Å². The van der Waals surface area contributed by atoms with Gasteiger partial charge < -0.3 is 10.6 Å². The fraction of sp³-hybridized carbons (Fsp3) is 1.00. The quantitative estimate of drug-likeness (QED) is 0.633. The second-order valence-corrected chi connectivity index (χ2v) is 5.29. The molecule has 2 heteroatoms. The fourth-order valence-electron chi connectivity index (χ4n) is 2.24. The molecule has 1 saturated heterocycles. The Kier molecular flexibility index (Phi) is 7.03. The van der Waals surface area contributed by atoms with E-state index in [4.69, 9.17) is 0 Å². The molecule has 1 unspecified atom stereocenters. The van der Waals surface area contributed by atoms with E-state index in [9.17, 15) is 0 Å². The highest BCUT2D eigenvalue weighted by Crippen LogP contribution is 2.12. The second kappa shape index (κ2) is 8.12. The summed E-state index contributed by atoms with van der Waals surface area (Å²) in [5.41, 5.74) is 0. The topological polar surface area (TPSA) is 24.1 Å². The maximum atomic E-state index is 3.56. The summed E-state index contributed by atoms with van der Waals surface area (Å²) >= 11 is 0. The molecule has 0 aliphatic carbocycles. The van der Waals surface area contributed by atoms with E-state index in [1.807, 2.05) is 0 Å². The lowest BCUT2D eigenvalue weighted by atomic mass is 9.96. The van der Waals surface area contributed by atoms with E-state index in [2.05, 4.69) is 24.5 Å². The molecular formula is C13H28N2. The summed E-state index contributed by atoms with van der Waals surface area (Å²) in [6.07, 6.45) is 6.85. The van der Waals surface area contributed by atoms with Gasteiger partial charge in [-0.05, 0) is 70.1 Å². The smallest absolute Gasteiger partial charge is 0.00200 e. The molecule has 0 bridgehead atoms. The zero-order chi connectivity index (χ0) is 10.9. The average Bonchev–Trinajstić information content (AvgIpc) is 2.24. The number of piperidine rings is 1. The number of nitrogens with one attached hydrogen (secondary N) is 2. The van der Waals surface area contributed by atoms with Crippen LogP contribution in [-0.4, -0.2) is 26.2 Å². The molecule has 1 aliphatic rings. The van der Waals surface area contributed by atoms with Crippen LogP contribution in [0.5, 0.6) is 0 Å². The molecule has 1 fully saturated rings. The van der Waals surface area contributed by atoms with Gasteiger partial charge in [-0.2, -0.15) is 0 Å². The van der Waals surface area contributed by atoms with Crippen LogP contribution in [0.4, 0.5) is 0 Å². The van der Waals surface area contributed by atoms with Gasteiger partial charge >= 0.3 is 0 Å². The van der Waals surface area contributed by atoms with E-state index in [0.29, 0.717) is 0 Å². The molecule has 1 atom stereocenters. The predicted molar refractivity (Wildman–Crippen MR) is 67.2 cm³/mol. The Morgan fingerprint density at radius 1 is 1.33 bits per heavy atom. The number of rotatable bonds is 7. The van der Waals surface area contributed by atoms with Crippen LogP contribution in [-0.2, 0) is 0 Å². The van der Waals surface area contributed by atoms with Gasteiger partial charge in [-0.3, -0.25) is 0 Å². The van der Waals surface area contributed by atoms with Gasteiger partial charge in [0.05, 0.1) is 0 Å². The van der Waals surface area contributed by atoms with Crippen LogP contribution in [0.25, 0.3) is 0 Å². The molecule has 15 heavy (non-hydrogen) atoms. The van der Waals surface area contributed by atoms with Crippen molar-refractivity contribution in [2.75, 3.05) is 26.2 Å². The van der Waals surface area contributed by atoms with Crippen molar-refractivity contribution < 1.29 is 0 Å². The first-order chi connectivity index (χ1) is 7.29. The van der Waals surface area contributed by atoms with Crippen molar-refractivity contribution >= 4 is 0 Å². The lowest BCUT2D eigenvalue weighted by molar-refractivity contribution is 0.351. The molecule has 0 radical (unpaired) electrons. The Bertz CT molecular complexity index is 139. The minimum Gasteiger partial charge on any atom is -0.317 e. The van der Waals surface area contributed by atoms with E-state index in [1.165, 1.54) is 58.3 Å². The van der Waals surface area contributed by atoms with Crippen molar-refractivity contribution in [2.24, 2.45) is 11.8 Å². The summed E-state index contributed by atoms with van der Waals surface area (Å²) < 4.78 is 0. The number of hydrogen-bond acceptors (Lipinski definition) is 2. The molecule has 1 heterocycles. The molecule has 0 aromatic rings. The highest BCUT2D eigenvalue weighted by Gasteiger charge is 2.11. The highest BCUT2D eigenvalue weighted by atomic mass is 14.9. The van der Waals surface area contributed by atoms with Crippen molar-refractivity contribution in [1.29, 1.82) is 0 Å². The molecular weight excluding hydrogens is 184 g/mol. The van der Waals surface area contributed by atoms with Crippen LogP contribution in [0.15, 0.2) is 0 Å². The third kappa shape index (κ3) is 6.91. The van der Waals surface area contributed by atoms with Gasteiger partial charge in [0, 0.05) is 0 Å². The normalized spacial score (nSPS) is 22.2. The molecule has 2 N–H and O–H groups in total. The fourth-order valence-corrected chi connectivity index (χ4v) is 2.24. The van der Waals surface area contributed by atoms with E-state index in [-0.39, 0.29) is 0 Å². The maximum absolute atomic E-state index is 3.56. The van der Waals surface area contributed by atoms with Crippen molar-refractivity contribution in [3.8, 4) is 0 Å². The summed E-state index contributed by atoms with van der Waals surface area (Å²) in [5, 5.41) is 7.03. The molecule has 0 aromatic carbocycles. The Hall–Kier alpha value is -0.0800. The minimum atomic E-state index is 0.856. The molecule has 0 saturated carbocycles. The largest absolute Gasteiger partial charge is 0.317 e. The van der Waals surface area contributed by atoms with E-state index in [1.54, 1.807) is 0 Å². The van der Waals surface area contributed by atoms with Crippen molar-refractivity contribution in [3.63, 3.8) is 0 Å². The summed E-state index contributed by atoms with van der Waals surface area (Å²) in [4.78, 5) is 0. The number of hydrogen-bond donors (Lipinski definition) is 2. The predicted octanol–water partition coefficient (Wildman–Crippen LogP) is 2.40. The SMILES string of the molecule is CC(C)CCCNCCC1CCCNC1. The van der Waals surface area contributed by atoms with Crippen LogP contribution < -0.4 is 10.6 Å². The Balaban J connectivity index is 1.83. The molecule has 0 aromatic heterocycles. The van der Waals surface area contributed by atoms with Gasteiger partial charge in [0.25, 0.3) is 0 Å². The minimum absolute atomic E-state index is 0.856. The van der Waals surface area contributed by atoms with Gasteiger partial charge in [-0.1, -0.05) is 13.8 Å². The van der Waals surface area contributed by atoms with Gasteiger partial charge in [-0.15, -0.1) is 0 Å². The molecule has 1 rings (SSSR count). The Labute approximate surface area is 95.2 Å². The van der Waals surface area contributed by atoms with Crippen LogP contribution in [0.1, 0.15) is 46.0 Å². The Morgan fingerprint density at radius 3 is 2.87 bits per heavy atom. The van der Waals surface area contributed by atoms with Crippen molar-refractivity contribution in [1.82, 2.24) is 10.6 Å². The maximum Gasteiger partial charge on any atom is -0.00200 e. The van der Waals surface area contributed by atoms with Crippen LogP contribution >= 0.6 is 0 Å². The molecule has 0 spiro atoms. The zero-order valence-corrected chi connectivity index (χ0v) is 10.5. The highest BCUT2D eigenvalue weighted by molar-refractivity contribution is 4.69. The van der Waals surface area contributed by atoms with E-state index < -0.39 is 0 Å². The molecule has 2 nitrogen and oxygen atoms in total. The summed E-state index contributed by atoms with van der Waals surface area (Å²) in [6.45, 7) is 9.50. The van der Waals surface area contributed by atoms with E-state index in [0.717, 1.165) is 11.8 Å². The summed E-state index contributed by atoms with van der Waals surface area (Å²) in [7, 11) is 0. The standard InChI is InChI=1S/C13H28N2/c1-12(2)5-3-8-14-10-7-13-6-4-9-15-11-13/h12-15H,3-11H2,1-2H3. The van der Waals surface area contributed by atoms with Crippen LogP contribution in [0, 0.1) is 11.8 Å². The first-order valence-electron chi connectivity index (χ1n) is 6.70. The van der Waals surface area contributed by atoms with E-state index >= 15 is 0 Å². The zero-order valence-electron chi connectivity index (χ0n) is 10.5. The van der Waals surface area contributed by atoms with Gasteiger partial charge in [-0.25, -0.2) is 0 Å². The lowest BCUT2D eigenvalue weighted by Gasteiger charge is -2.22. The second-order valence-electron chi connectivity index (χ2n) is 5.29. The summed E-state index contributed by atoms with van der Waals surface area (Å²) in [5.74, 6) is 1.78. The van der Waals surface area contributed by atoms with Crippen LogP contribution in [0.2, 0.25) is 0 Å². The molecule has 90 valence electrons.